The Morgan fingerprint density at radius 3 is 2.42 bits per heavy atom. The van der Waals surface area contributed by atoms with E-state index in [1.54, 1.807) is 17.0 Å². The third-order valence-electron chi connectivity index (χ3n) is 4.27. The monoisotopic (exact) mass is 325 g/mol. The summed E-state index contributed by atoms with van der Waals surface area (Å²) in [5.41, 5.74) is 2.90. The Kier molecular flexibility index (Phi) is 4.62. The van der Waals surface area contributed by atoms with Crippen molar-refractivity contribution in [2.75, 3.05) is 19.7 Å². The average Bonchev–Trinajstić information content (AvgIpc) is 2.61. The Morgan fingerprint density at radius 2 is 1.75 bits per heavy atom. The van der Waals surface area contributed by atoms with Crippen molar-refractivity contribution in [3.05, 3.63) is 70.8 Å². The molecule has 1 N–H and O–H groups in total. The maximum absolute atomic E-state index is 12.7. The second-order valence-corrected chi connectivity index (χ2v) is 5.85. The highest BCUT2D eigenvalue weighted by atomic mass is 16.5. The largest absolute Gasteiger partial charge is 0.478 e. The predicted octanol–water partition coefficient (Wildman–Crippen LogP) is 2.91. The number of carboxylic acids is 1. The van der Waals surface area contributed by atoms with Crippen LogP contribution in [0.15, 0.2) is 48.5 Å². The predicted molar refractivity (Wildman–Crippen MR) is 89.2 cm³/mol. The molecule has 24 heavy (non-hydrogen) atoms. The lowest BCUT2D eigenvalue weighted by Gasteiger charge is -2.34. The number of hydrogen-bond donors (Lipinski definition) is 1. The van der Waals surface area contributed by atoms with Crippen molar-refractivity contribution in [1.29, 1.82) is 0 Å². The van der Waals surface area contributed by atoms with Crippen LogP contribution in [-0.2, 0) is 4.74 Å². The van der Waals surface area contributed by atoms with E-state index in [2.05, 4.69) is 0 Å². The van der Waals surface area contributed by atoms with Gasteiger partial charge in [-0.25, -0.2) is 4.79 Å². The summed E-state index contributed by atoms with van der Waals surface area (Å²) in [5, 5.41) is 8.94. The quantitative estimate of drug-likeness (QED) is 0.942. The molecular formula is C19H19NO4. The summed E-state index contributed by atoms with van der Waals surface area (Å²) in [7, 11) is 0. The van der Waals surface area contributed by atoms with E-state index < -0.39 is 5.97 Å². The number of carboxylic acid groups (broad SMARTS) is 1. The standard InChI is InChI=1S/C19H19NO4/c1-13-4-2-3-5-16(13)17-12-20(10-11-24-17)18(21)14-6-8-15(9-7-14)19(22)23/h2-9,17H,10-12H2,1H3,(H,22,23)/t17-/m1/s1. The molecule has 2 aromatic carbocycles. The van der Waals surface area contributed by atoms with Crippen LogP contribution in [0.25, 0.3) is 0 Å². The lowest BCUT2D eigenvalue weighted by molar-refractivity contribution is -0.0230. The van der Waals surface area contributed by atoms with Gasteiger partial charge in [0.25, 0.3) is 5.91 Å². The van der Waals surface area contributed by atoms with Gasteiger partial charge in [-0.1, -0.05) is 24.3 Å². The van der Waals surface area contributed by atoms with Gasteiger partial charge in [-0.15, -0.1) is 0 Å². The molecule has 2 aromatic rings. The maximum Gasteiger partial charge on any atom is 0.335 e. The number of ether oxygens (including phenoxy) is 1. The molecule has 1 atom stereocenters. The smallest absolute Gasteiger partial charge is 0.335 e. The summed E-state index contributed by atoms with van der Waals surface area (Å²) in [6.45, 7) is 3.54. The normalized spacial score (nSPS) is 17.5. The van der Waals surface area contributed by atoms with Crippen LogP contribution in [0, 0.1) is 6.92 Å². The minimum absolute atomic E-state index is 0.103. The van der Waals surface area contributed by atoms with Crippen molar-refractivity contribution < 1.29 is 19.4 Å². The molecule has 1 fully saturated rings. The number of benzene rings is 2. The Morgan fingerprint density at radius 1 is 1.08 bits per heavy atom. The van der Waals surface area contributed by atoms with Crippen molar-refractivity contribution in [1.82, 2.24) is 4.90 Å². The number of amides is 1. The summed E-state index contributed by atoms with van der Waals surface area (Å²) in [6.07, 6.45) is -0.137. The first kappa shape index (κ1) is 16.2. The van der Waals surface area contributed by atoms with Crippen molar-refractivity contribution in [2.24, 2.45) is 0 Å². The Hall–Kier alpha value is -2.66. The molecular weight excluding hydrogens is 306 g/mol. The lowest BCUT2D eigenvalue weighted by atomic mass is 10.0. The summed E-state index contributed by atoms with van der Waals surface area (Å²) in [6, 6.07) is 14.0. The third-order valence-corrected chi connectivity index (χ3v) is 4.27. The average molecular weight is 325 g/mol. The zero-order chi connectivity index (χ0) is 17.1. The van der Waals surface area contributed by atoms with Gasteiger partial charge in [0.05, 0.1) is 18.7 Å². The molecule has 0 spiro atoms. The van der Waals surface area contributed by atoms with Crippen molar-refractivity contribution in [3.8, 4) is 0 Å². The van der Waals surface area contributed by atoms with Crippen LogP contribution in [0.4, 0.5) is 0 Å². The first-order chi connectivity index (χ1) is 11.6. The van der Waals surface area contributed by atoms with Gasteiger partial charge in [0.1, 0.15) is 6.10 Å². The number of carbonyl (C=O) groups is 2. The van der Waals surface area contributed by atoms with Crippen molar-refractivity contribution in [3.63, 3.8) is 0 Å². The number of nitrogens with zero attached hydrogens (tertiary/aromatic N) is 1. The number of rotatable bonds is 3. The van der Waals surface area contributed by atoms with Crippen LogP contribution in [-0.4, -0.2) is 41.6 Å². The van der Waals surface area contributed by atoms with Crippen molar-refractivity contribution >= 4 is 11.9 Å². The molecule has 0 bridgehead atoms. The molecule has 1 heterocycles. The summed E-state index contributed by atoms with van der Waals surface area (Å²) >= 11 is 0. The number of aryl methyl sites for hydroxylation is 1. The first-order valence-corrected chi connectivity index (χ1v) is 7.86. The van der Waals surface area contributed by atoms with E-state index in [1.165, 1.54) is 12.1 Å². The van der Waals surface area contributed by atoms with Crippen LogP contribution >= 0.6 is 0 Å². The molecule has 1 aliphatic rings. The van der Waals surface area contributed by atoms with E-state index >= 15 is 0 Å². The number of carbonyl (C=O) groups excluding carboxylic acids is 1. The molecule has 3 rings (SSSR count). The van der Waals surface area contributed by atoms with E-state index in [4.69, 9.17) is 9.84 Å². The maximum atomic E-state index is 12.7. The Labute approximate surface area is 140 Å². The third kappa shape index (κ3) is 3.31. The summed E-state index contributed by atoms with van der Waals surface area (Å²) in [4.78, 5) is 25.3. The molecule has 124 valence electrons. The SMILES string of the molecule is Cc1ccccc1[C@H]1CN(C(=O)c2ccc(C(=O)O)cc2)CCO1. The first-order valence-electron chi connectivity index (χ1n) is 7.86. The second kappa shape index (κ2) is 6.84. The fourth-order valence-corrected chi connectivity index (χ4v) is 2.91. The van der Waals surface area contributed by atoms with Gasteiger partial charge >= 0.3 is 5.97 Å². The molecule has 0 aliphatic carbocycles. The minimum Gasteiger partial charge on any atom is -0.478 e. The highest BCUT2D eigenvalue weighted by molar-refractivity contribution is 5.96. The van der Waals surface area contributed by atoms with Gasteiger partial charge in [-0.05, 0) is 42.3 Å². The molecule has 0 aromatic heterocycles. The van der Waals surface area contributed by atoms with Gasteiger partial charge < -0.3 is 14.7 Å². The minimum atomic E-state index is -1.00. The van der Waals surface area contributed by atoms with Gasteiger partial charge in [0.15, 0.2) is 0 Å². The summed E-state index contributed by atoms with van der Waals surface area (Å²) in [5.74, 6) is -1.10. The highest BCUT2D eigenvalue weighted by Gasteiger charge is 2.26. The van der Waals surface area contributed by atoms with E-state index in [0.29, 0.717) is 25.3 Å². The topological polar surface area (TPSA) is 66.8 Å². The highest BCUT2D eigenvalue weighted by Crippen LogP contribution is 2.25. The zero-order valence-electron chi connectivity index (χ0n) is 13.4. The molecule has 0 unspecified atom stereocenters. The van der Waals surface area contributed by atoms with Crippen LogP contribution < -0.4 is 0 Å². The van der Waals surface area contributed by atoms with Gasteiger partial charge in [-0.3, -0.25) is 4.79 Å². The van der Waals surface area contributed by atoms with E-state index in [1.807, 2.05) is 31.2 Å². The van der Waals surface area contributed by atoms with E-state index in [9.17, 15) is 9.59 Å². The van der Waals surface area contributed by atoms with Gasteiger partial charge in [0, 0.05) is 12.1 Å². The number of hydrogen-bond acceptors (Lipinski definition) is 3. The molecule has 5 nitrogen and oxygen atoms in total. The molecule has 5 heteroatoms. The number of morpholine rings is 1. The Bertz CT molecular complexity index is 754. The number of aromatic carboxylic acids is 1. The second-order valence-electron chi connectivity index (χ2n) is 5.85. The van der Waals surface area contributed by atoms with E-state index in [0.717, 1.165) is 11.1 Å². The van der Waals surface area contributed by atoms with Gasteiger partial charge in [0.2, 0.25) is 0 Å². The van der Waals surface area contributed by atoms with E-state index in [-0.39, 0.29) is 17.6 Å². The summed E-state index contributed by atoms with van der Waals surface area (Å²) < 4.78 is 5.84. The molecule has 1 saturated heterocycles. The van der Waals surface area contributed by atoms with Gasteiger partial charge in [-0.2, -0.15) is 0 Å². The van der Waals surface area contributed by atoms with Crippen molar-refractivity contribution in [2.45, 2.75) is 13.0 Å². The fraction of sp³-hybridized carbons (Fsp3) is 0.263. The van der Waals surface area contributed by atoms with Crippen LogP contribution in [0.1, 0.15) is 37.9 Å². The molecule has 1 aliphatic heterocycles. The van der Waals surface area contributed by atoms with Crippen LogP contribution in [0.3, 0.4) is 0 Å². The van der Waals surface area contributed by atoms with Crippen LogP contribution in [0.5, 0.6) is 0 Å². The zero-order valence-corrected chi connectivity index (χ0v) is 13.4. The Balaban J connectivity index is 1.75. The lowest BCUT2D eigenvalue weighted by Crippen LogP contribution is -2.42. The molecule has 1 amide bonds. The molecule has 0 radical (unpaired) electrons. The molecule has 0 saturated carbocycles. The fourth-order valence-electron chi connectivity index (χ4n) is 2.91. The van der Waals surface area contributed by atoms with Crippen LogP contribution in [0.2, 0.25) is 0 Å².